The van der Waals surface area contributed by atoms with Crippen molar-refractivity contribution in [1.29, 1.82) is 0 Å². The zero-order chi connectivity index (χ0) is 15.0. The van der Waals surface area contributed by atoms with E-state index < -0.39 is 5.41 Å². The van der Waals surface area contributed by atoms with Crippen molar-refractivity contribution in [3.05, 3.63) is 42.0 Å². The Bertz CT molecular complexity index is 408. The second kappa shape index (κ2) is 8.37. The molecule has 3 nitrogen and oxygen atoms in total. The average Bonchev–Trinajstić information content (AvgIpc) is 2.52. The van der Waals surface area contributed by atoms with Crippen molar-refractivity contribution in [2.75, 3.05) is 14.2 Å². The molecule has 0 aliphatic heterocycles. The van der Waals surface area contributed by atoms with E-state index in [-0.39, 0.29) is 15.9 Å². The lowest BCUT2D eigenvalue weighted by atomic mass is 10.0. The zero-order valence-electron chi connectivity index (χ0n) is 12.8. The Kier molecular flexibility index (Phi) is 7.16. The van der Waals surface area contributed by atoms with Crippen LogP contribution >= 0.6 is 0 Å². The largest absolute Gasteiger partial charge is 0.405 e. The summed E-state index contributed by atoms with van der Waals surface area (Å²) in [5.74, 6) is 0. The van der Waals surface area contributed by atoms with Gasteiger partial charge in [-0.15, -0.1) is 0 Å². The van der Waals surface area contributed by atoms with E-state index in [0.717, 1.165) is 24.0 Å². The Morgan fingerprint density at radius 1 is 1.30 bits per heavy atom. The molecule has 1 unspecified atom stereocenters. The number of ether oxygens (including phenoxy) is 2. The second-order valence-corrected chi connectivity index (χ2v) is 5.71. The van der Waals surface area contributed by atoms with E-state index in [1.165, 1.54) is 0 Å². The molecule has 0 bridgehead atoms. The lowest BCUT2D eigenvalue weighted by Gasteiger charge is -2.30. The molecule has 0 fully saturated rings. The van der Waals surface area contributed by atoms with E-state index in [4.69, 9.17) is 13.9 Å². The monoisotopic (exact) mass is 292 g/mol. The van der Waals surface area contributed by atoms with Gasteiger partial charge in [-0.1, -0.05) is 44.7 Å². The van der Waals surface area contributed by atoms with Gasteiger partial charge < -0.3 is 13.9 Å². The first kappa shape index (κ1) is 17.1. The van der Waals surface area contributed by atoms with Crippen molar-refractivity contribution in [2.45, 2.75) is 38.2 Å². The number of methoxy groups -OCH3 is 2. The molecule has 4 heteroatoms. The fourth-order valence-corrected chi connectivity index (χ4v) is 2.90. The van der Waals surface area contributed by atoms with Crippen LogP contribution in [0.3, 0.4) is 0 Å². The molecule has 1 rings (SSSR count). The summed E-state index contributed by atoms with van der Waals surface area (Å²) in [6.45, 7) is 7.95. The number of hydrogen-bond acceptors (Lipinski definition) is 3. The fourth-order valence-electron chi connectivity index (χ4n) is 1.96. The van der Waals surface area contributed by atoms with Crippen LogP contribution in [0, 0.1) is 0 Å². The van der Waals surface area contributed by atoms with Crippen molar-refractivity contribution in [2.24, 2.45) is 0 Å². The molecule has 20 heavy (non-hydrogen) atoms. The summed E-state index contributed by atoms with van der Waals surface area (Å²) in [6.07, 6.45) is 3.55. The van der Waals surface area contributed by atoms with E-state index in [1.807, 2.05) is 25.1 Å². The summed E-state index contributed by atoms with van der Waals surface area (Å²) in [5.41, 5.74) is 1.63. The molecule has 0 aromatic heterocycles. The molecule has 1 aromatic rings. The maximum absolute atomic E-state index is 6.06. The summed E-state index contributed by atoms with van der Waals surface area (Å²) in [6, 6.07) is 8.26. The van der Waals surface area contributed by atoms with Crippen LogP contribution in [0.5, 0.6) is 0 Å². The molecule has 0 aliphatic carbocycles. The van der Waals surface area contributed by atoms with Gasteiger partial charge in [-0.3, -0.25) is 0 Å². The quantitative estimate of drug-likeness (QED) is 0.512. The molecule has 0 aliphatic rings. The summed E-state index contributed by atoms with van der Waals surface area (Å²) < 4.78 is 17.0. The molecule has 110 valence electrons. The van der Waals surface area contributed by atoms with Crippen LogP contribution in [-0.2, 0) is 13.9 Å². The van der Waals surface area contributed by atoms with Gasteiger partial charge in [-0.2, -0.15) is 0 Å². The van der Waals surface area contributed by atoms with Crippen LogP contribution in [0.4, 0.5) is 0 Å². The van der Waals surface area contributed by atoms with Crippen molar-refractivity contribution in [3.8, 4) is 0 Å². The van der Waals surface area contributed by atoms with Gasteiger partial charge in [0.2, 0.25) is 0 Å². The van der Waals surface area contributed by atoms with Gasteiger partial charge in [0.1, 0.15) is 0 Å². The molecule has 0 amide bonds. The third-order valence-electron chi connectivity index (χ3n) is 3.37. The molecule has 0 spiro atoms. The van der Waals surface area contributed by atoms with Gasteiger partial charge in [-0.05, 0) is 30.0 Å². The molecule has 2 radical (unpaired) electrons. The van der Waals surface area contributed by atoms with Crippen LogP contribution in [0.1, 0.15) is 43.9 Å². The van der Waals surface area contributed by atoms with Crippen molar-refractivity contribution < 1.29 is 13.9 Å². The van der Waals surface area contributed by atoms with Gasteiger partial charge >= 0.3 is 9.76 Å². The smallest absolute Gasteiger partial charge is 0.304 e. The first-order valence-electron chi connectivity index (χ1n) is 6.90. The Hall–Kier alpha value is -0.943. The average molecular weight is 292 g/mol. The van der Waals surface area contributed by atoms with E-state index in [0.29, 0.717) is 0 Å². The third kappa shape index (κ3) is 4.28. The highest BCUT2D eigenvalue weighted by Crippen LogP contribution is 2.25. The van der Waals surface area contributed by atoms with Gasteiger partial charge in [0.15, 0.2) is 5.41 Å². The van der Waals surface area contributed by atoms with E-state index in [9.17, 15) is 0 Å². The predicted octanol–water partition coefficient (Wildman–Crippen LogP) is 3.77. The normalized spacial score (nSPS) is 13.2. The van der Waals surface area contributed by atoms with E-state index in [1.54, 1.807) is 14.2 Å². The summed E-state index contributed by atoms with van der Waals surface area (Å²) >= 11 is 0. The van der Waals surface area contributed by atoms with Gasteiger partial charge in [0.05, 0.1) is 6.10 Å². The lowest BCUT2D eigenvalue weighted by molar-refractivity contribution is -0.155. The van der Waals surface area contributed by atoms with Gasteiger partial charge in [-0.25, -0.2) is 0 Å². The number of rotatable bonds is 9. The first-order valence-corrected chi connectivity index (χ1v) is 7.81. The molecule has 0 N–H and O–H groups in total. The minimum atomic E-state index is -0.635. The minimum absolute atomic E-state index is 0.0458. The van der Waals surface area contributed by atoms with Crippen LogP contribution in [0.2, 0.25) is 0 Å². The Labute approximate surface area is 124 Å². The third-order valence-corrected chi connectivity index (χ3v) is 4.85. The highest BCUT2D eigenvalue weighted by molar-refractivity contribution is 6.31. The number of benzene rings is 1. The molecule has 1 aromatic carbocycles. The molecule has 1 atom stereocenters. The van der Waals surface area contributed by atoms with Gasteiger partial charge in [0, 0.05) is 14.2 Å². The van der Waals surface area contributed by atoms with Crippen molar-refractivity contribution in [3.63, 3.8) is 0 Å². The maximum Gasteiger partial charge on any atom is 0.304 e. The molecule has 0 saturated carbocycles. The Balaban J connectivity index is 2.78. The Morgan fingerprint density at radius 2 is 2.00 bits per heavy atom. The fraction of sp³-hybridized carbons (Fsp3) is 0.500. The summed E-state index contributed by atoms with van der Waals surface area (Å²) in [7, 11) is 3.44. The van der Waals surface area contributed by atoms with Crippen LogP contribution < -0.4 is 0 Å². The maximum atomic E-state index is 6.06. The van der Waals surface area contributed by atoms with Crippen LogP contribution in [0.25, 0.3) is 6.08 Å². The molecule has 0 heterocycles. The second-order valence-electron chi connectivity index (χ2n) is 4.51. The first-order chi connectivity index (χ1) is 9.64. The van der Waals surface area contributed by atoms with Gasteiger partial charge in [0.25, 0.3) is 0 Å². The molecule has 0 saturated heterocycles. The SMILES string of the molecule is C=Cc1cccc(C(CC)O[Si]C(CC)(OC)OC)c1. The standard InChI is InChI=1S/C16H24O3Si/c1-6-13-10-9-11-14(12-13)15(7-2)19-20-16(8-3,17-4)18-5/h6,9-12,15H,1,7-8H2,2-5H3. The van der Waals surface area contributed by atoms with Crippen molar-refractivity contribution in [1.82, 2.24) is 0 Å². The summed E-state index contributed by atoms with van der Waals surface area (Å²) in [4.78, 5) is 0. The summed E-state index contributed by atoms with van der Waals surface area (Å²) in [5, 5.41) is 0. The van der Waals surface area contributed by atoms with E-state index >= 15 is 0 Å². The highest BCUT2D eigenvalue weighted by Gasteiger charge is 2.31. The predicted molar refractivity (Wildman–Crippen MR) is 83.4 cm³/mol. The van der Waals surface area contributed by atoms with Crippen LogP contribution in [0.15, 0.2) is 30.8 Å². The van der Waals surface area contributed by atoms with E-state index in [2.05, 4.69) is 25.6 Å². The Morgan fingerprint density at radius 3 is 2.50 bits per heavy atom. The zero-order valence-corrected chi connectivity index (χ0v) is 13.8. The molecular weight excluding hydrogens is 268 g/mol. The molecular formula is C16H24O3Si. The highest BCUT2D eigenvalue weighted by atomic mass is 28.2. The van der Waals surface area contributed by atoms with Crippen LogP contribution in [-0.4, -0.2) is 29.4 Å². The van der Waals surface area contributed by atoms with Crippen molar-refractivity contribution >= 4 is 15.8 Å². The lowest BCUT2D eigenvalue weighted by Crippen LogP contribution is -2.41. The topological polar surface area (TPSA) is 27.7 Å². The number of hydrogen-bond donors (Lipinski definition) is 0. The minimum Gasteiger partial charge on any atom is -0.405 e.